The van der Waals surface area contributed by atoms with Gasteiger partial charge in [-0.2, -0.15) is 0 Å². The van der Waals surface area contributed by atoms with Crippen molar-refractivity contribution in [1.82, 2.24) is 0 Å². The fraction of sp³-hybridized carbons (Fsp3) is 0.143. The average Bonchev–Trinajstić information content (AvgIpc) is 2.47. The summed E-state index contributed by atoms with van der Waals surface area (Å²) in [5, 5.41) is 14.4. The highest BCUT2D eigenvalue weighted by atomic mass is 79.9. The Morgan fingerprint density at radius 2 is 1.95 bits per heavy atom. The van der Waals surface area contributed by atoms with Gasteiger partial charge in [0.05, 0.1) is 9.95 Å². The molecule has 2 rings (SSSR count). The van der Waals surface area contributed by atoms with E-state index in [1.54, 1.807) is 18.2 Å². The number of hydrogen-bond donors (Lipinski definition) is 1. The first-order valence-corrected chi connectivity index (χ1v) is 7.29. The van der Waals surface area contributed by atoms with E-state index in [-0.39, 0.29) is 5.69 Å². The lowest BCUT2D eigenvalue weighted by molar-refractivity contribution is -0.384. The van der Waals surface area contributed by atoms with E-state index in [0.717, 1.165) is 10.2 Å². The molecule has 2 aromatic rings. The van der Waals surface area contributed by atoms with Crippen LogP contribution in [0.2, 0.25) is 5.02 Å². The van der Waals surface area contributed by atoms with Crippen LogP contribution in [0.15, 0.2) is 46.9 Å². The van der Waals surface area contributed by atoms with Crippen molar-refractivity contribution < 1.29 is 9.66 Å². The third kappa shape index (κ3) is 4.61. The van der Waals surface area contributed by atoms with Gasteiger partial charge in [-0.1, -0.05) is 11.6 Å². The van der Waals surface area contributed by atoms with E-state index in [4.69, 9.17) is 16.3 Å². The van der Waals surface area contributed by atoms with E-state index in [1.165, 1.54) is 12.1 Å². The first-order chi connectivity index (χ1) is 10.1. The number of nitro benzene ring substituents is 1. The minimum absolute atomic E-state index is 0.0477. The first kappa shape index (κ1) is 15.6. The second-order valence-corrected chi connectivity index (χ2v) is 5.42. The van der Waals surface area contributed by atoms with E-state index in [0.29, 0.717) is 23.9 Å². The summed E-state index contributed by atoms with van der Waals surface area (Å²) in [6.07, 6.45) is 0. The van der Waals surface area contributed by atoms with Gasteiger partial charge in [0.1, 0.15) is 12.4 Å². The highest BCUT2D eigenvalue weighted by molar-refractivity contribution is 9.10. The molecule has 0 saturated carbocycles. The molecule has 0 heterocycles. The molecule has 0 fully saturated rings. The molecule has 2 aromatic carbocycles. The van der Waals surface area contributed by atoms with E-state index >= 15 is 0 Å². The molecular formula is C14H12BrClN2O3. The van der Waals surface area contributed by atoms with Crippen LogP contribution in [0, 0.1) is 10.1 Å². The van der Waals surface area contributed by atoms with Crippen LogP contribution in [0.5, 0.6) is 5.75 Å². The smallest absolute Gasteiger partial charge is 0.269 e. The van der Waals surface area contributed by atoms with Crippen LogP contribution < -0.4 is 10.1 Å². The zero-order chi connectivity index (χ0) is 15.2. The zero-order valence-corrected chi connectivity index (χ0v) is 13.2. The summed E-state index contributed by atoms with van der Waals surface area (Å²) in [7, 11) is 0. The number of nitrogens with one attached hydrogen (secondary N) is 1. The van der Waals surface area contributed by atoms with Crippen molar-refractivity contribution in [3.63, 3.8) is 0 Å². The number of benzene rings is 2. The molecule has 21 heavy (non-hydrogen) atoms. The normalized spacial score (nSPS) is 10.2. The van der Waals surface area contributed by atoms with Crippen molar-refractivity contribution >= 4 is 38.9 Å². The Morgan fingerprint density at radius 3 is 2.57 bits per heavy atom. The van der Waals surface area contributed by atoms with E-state index in [1.807, 2.05) is 12.1 Å². The van der Waals surface area contributed by atoms with Gasteiger partial charge >= 0.3 is 0 Å². The molecule has 0 radical (unpaired) electrons. The molecule has 0 aliphatic heterocycles. The Balaban J connectivity index is 1.79. The lowest BCUT2D eigenvalue weighted by Gasteiger charge is -2.09. The summed E-state index contributed by atoms with van der Waals surface area (Å²) < 4.78 is 6.32. The summed E-state index contributed by atoms with van der Waals surface area (Å²) in [6, 6.07) is 11.5. The van der Waals surface area contributed by atoms with Gasteiger partial charge in [0.25, 0.3) is 5.69 Å². The molecule has 0 spiro atoms. The van der Waals surface area contributed by atoms with Gasteiger partial charge in [-0.15, -0.1) is 0 Å². The fourth-order valence-electron chi connectivity index (χ4n) is 1.63. The van der Waals surface area contributed by atoms with Crippen LogP contribution in [0.3, 0.4) is 0 Å². The average molecular weight is 372 g/mol. The molecule has 0 aliphatic carbocycles. The molecule has 110 valence electrons. The fourth-order valence-corrected chi connectivity index (χ4v) is 2.13. The van der Waals surface area contributed by atoms with Gasteiger partial charge in [0.2, 0.25) is 0 Å². The number of halogens is 2. The summed E-state index contributed by atoms with van der Waals surface area (Å²) >= 11 is 9.26. The van der Waals surface area contributed by atoms with Crippen molar-refractivity contribution in [2.24, 2.45) is 0 Å². The minimum atomic E-state index is -0.441. The van der Waals surface area contributed by atoms with E-state index < -0.39 is 4.92 Å². The van der Waals surface area contributed by atoms with Crippen LogP contribution in [0.4, 0.5) is 11.4 Å². The highest BCUT2D eigenvalue weighted by Gasteiger charge is 2.04. The molecule has 1 N–H and O–H groups in total. The van der Waals surface area contributed by atoms with Crippen LogP contribution in [0.25, 0.3) is 0 Å². The topological polar surface area (TPSA) is 64.4 Å². The van der Waals surface area contributed by atoms with Gasteiger partial charge in [0.15, 0.2) is 0 Å². The van der Waals surface area contributed by atoms with Gasteiger partial charge in [-0.25, -0.2) is 0 Å². The van der Waals surface area contributed by atoms with Gasteiger partial charge in [-0.3, -0.25) is 10.1 Å². The SMILES string of the molecule is O=[N+]([O-])c1ccc(OCCNc2ccc(Cl)c(Br)c2)cc1. The molecule has 0 aromatic heterocycles. The number of nitro groups is 1. The lowest BCUT2D eigenvalue weighted by Crippen LogP contribution is -2.11. The van der Waals surface area contributed by atoms with Crippen LogP contribution in [-0.4, -0.2) is 18.1 Å². The predicted octanol–water partition coefficient (Wildman–Crippen LogP) is 4.50. The Kier molecular flexibility index (Phi) is 5.41. The molecule has 0 unspecified atom stereocenters. The summed E-state index contributed by atoms with van der Waals surface area (Å²) in [5.74, 6) is 0.597. The van der Waals surface area contributed by atoms with Crippen molar-refractivity contribution in [3.8, 4) is 5.75 Å². The maximum atomic E-state index is 10.5. The number of hydrogen-bond acceptors (Lipinski definition) is 4. The Hall–Kier alpha value is -1.79. The van der Waals surface area contributed by atoms with Crippen molar-refractivity contribution in [3.05, 3.63) is 62.1 Å². The predicted molar refractivity (Wildman–Crippen MR) is 86.2 cm³/mol. The largest absolute Gasteiger partial charge is 0.492 e. The number of rotatable bonds is 6. The second kappa shape index (κ2) is 7.28. The van der Waals surface area contributed by atoms with E-state index in [9.17, 15) is 10.1 Å². The van der Waals surface area contributed by atoms with E-state index in [2.05, 4.69) is 21.2 Å². The highest BCUT2D eigenvalue weighted by Crippen LogP contribution is 2.25. The monoisotopic (exact) mass is 370 g/mol. The number of anilines is 1. The molecule has 0 amide bonds. The zero-order valence-electron chi connectivity index (χ0n) is 10.9. The number of nitrogens with zero attached hydrogens (tertiary/aromatic N) is 1. The molecule has 5 nitrogen and oxygen atoms in total. The van der Waals surface area contributed by atoms with Gasteiger partial charge in [0, 0.05) is 28.8 Å². The Morgan fingerprint density at radius 1 is 1.24 bits per heavy atom. The number of non-ortho nitro benzene ring substituents is 1. The lowest BCUT2D eigenvalue weighted by atomic mass is 10.3. The molecule has 0 aliphatic rings. The minimum Gasteiger partial charge on any atom is -0.492 e. The molecule has 7 heteroatoms. The van der Waals surface area contributed by atoms with Gasteiger partial charge in [-0.05, 0) is 46.3 Å². The summed E-state index contributed by atoms with van der Waals surface area (Å²) in [6.45, 7) is 1.04. The summed E-state index contributed by atoms with van der Waals surface area (Å²) in [5.41, 5.74) is 0.977. The van der Waals surface area contributed by atoms with Crippen LogP contribution >= 0.6 is 27.5 Å². The van der Waals surface area contributed by atoms with Crippen molar-refractivity contribution in [2.75, 3.05) is 18.5 Å². The quantitative estimate of drug-likeness (QED) is 0.461. The number of ether oxygens (including phenoxy) is 1. The summed E-state index contributed by atoms with van der Waals surface area (Å²) in [4.78, 5) is 10.1. The van der Waals surface area contributed by atoms with Gasteiger partial charge < -0.3 is 10.1 Å². The Labute approximate surface area is 135 Å². The second-order valence-electron chi connectivity index (χ2n) is 4.16. The molecular weight excluding hydrogens is 360 g/mol. The molecule has 0 atom stereocenters. The third-order valence-electron chi connectivity index (χ3n) is 2.67. The molecule has 0 saturated heterocycles. The van der Waals surface area contributed by atoms with Crippen LogP contribution in [0.1, 0.15) is 0 Å². The standard InChI is InChI=1S/C14H12BrClN2O3/c15-13-9-10(1-6-14(13)16)17-7-8-21-12-4-2-11(3-5-12)18(19)20/h1-6,9,17H,7-8H2. The maximum absolute atomic E-state index is 10.5. The maximum Gasteiger partial charge on any atom is 0.269 e. The van der Waals surface area contributed by atoms with Crippen molar-refractivity contribution in [1.29, 1.82) is 0 Å². The first-order valence-electron chi connectivity index (χ1n) is 6.12. The Bertz CT molecular complexity index is 635. The third-order valence-corrected chi connectivity index (χ3v) is 3.88. The van der Waals surface area contributed by atoms with Crippen LogP contribution in [-0.2, 0) is 0 Å². The molecule has 0 bridgehead atoms. The van der Waals surface area contributed by atoms with Crippen molar-refractivity contribution in [2.45, 2.75) is 0 Å².